The molecule has 0 aliphatic rings. The summed E-state index contributed by atoms with van der Waals surface area (Å²) in [7, 11) is 0. The number of carboxylic acid groups (broad SMARTS) is 3. The fourth-order valence-electron chi connectivity index (χ4n) is 2.64. The van der Waals surface area contributed by atoms with Crippen LogP contribution >= 0.6 is 12.6 Å². The molecule has 1 rings (SSSR count). The summed E-state index contributed by atoms with van der Waals surface area (Å²) in [6.45, 7) is 0. The van der Waals surface area contributed by atoms with Crippen LogP contribution in [0.2, 0.25) is 0 Å². The summed E-state index contributed by atoms with van der Waals surface area (Å²) in [6.07, 6.45) is 0.608. The molecule has 15 nitrogen and oxygen atoms in total. The van der Waals surface area contributed by atoms with E-state index in [0.717, 1.165) is 0 Å². The minimum Gasteiger partial charge on any atom is -0.481 e. The van der Waals surface area contributed by atoms with Crippen LogP contribution < -0.4 is 21.7 Å². The van der Waals surface area contributed by atoms with Crippen LogP contribution in [0, 0.1) is 0 Å². The number of hydrogen-bond donors (Lipinski definition) is 9. The number of amides is 3. The molecule has 1 aromatic rings. The van der Waals surface area contributed by atoms with Crippen LogP contribution in [-0.2, 0) is 35.2 Å². The van der Waals surface area contributed by atoms with Gasteiger partial charge >= 0.3 is 17.9 Å². The number of nitrogens with two attached hydrogens (primary N) is 1. The van der Waals surface area contributed by atoms with Gasteiger partial charge in [0.25, 0.3) is 0 Å². The molecule has 0 radical (unpaired) electrons. The first-order valence-corrected chi connectivity index (χ1v) is 10.5. The van der Waals surface area contributed by atoms with E-state index in [1.54, 1.807) is 0 Å². The van der Waals surface area contributed by atoms with Gasteiger partial charge in [0.05, 0.1) is 18.8 Å². The van der Waals surface area contributed by atoms with Gasteiger partial charge in [-0.25, -0.2) is 9.78 Å². The van der Waals surface area contributed by atoms with Crippen molar-refractivity contribution in [1.82, 2.24) is 25.9 Å². The molecule has 188 valence electrons. The lowest BCUT2D eigenvalue weighted by molar-refractivity contribution is -0.143. The second kappa shape index (κ2) is 13.8. The van der Waals surface area contributed by atoms with Gasteiger partial charge in [0, 0.05) is 30.5 Å². The summed E-state index contributed by atoms with van der Waals surface area (Å²) in [6, 6.07) is -5.77. The number of nitrogens with zero attached hydrogens (tertiary/aromatic N) is 1. The summed E-state index contributed by atoms with van der Waals surface area (Å²) < 4.78 is 0. The van der Waals surface area contributed by atoms with Gasteiger partial charge in [-0.2, -0.15) is 12.6 Å². The molecule has 34 heavy (non-hydrogen) atoms. The fraction of sp³-hybridized carbons (Fsp3) is 0.500. The molecule has 16 heteroatoms. The van der Waals surface area contributed by atoms with Crippen molar-refractivity contribution < 1.29 is 44.1 Å². The third kappa shape index (κ3) is 9.86. The van der Waals surface area contributed by atoms with E-state index in [1.165, 1.54) is 12.5 Å². The predicted octanol–water partition coefficient (Wildman–Crippen LogP) is -2.91. The minimum atomic E-state index is -1.73. The van der Waals surface area contributed by atoms with E-state index < -0.39 is 72.6 Å². The quantitative estimate of drug-likeness (QED) is 0.110. The number of imidazole rings is 1. The van der Waals surface area contributed by atoms with E-state index in [2.05, 4.69) is 38.5 Å². The maximum atomic E-state index is 12.7. The van der Waals surface area contributed by atoms with Crippen LogP contribution in [0.5, 0.6) is 0 Å². The average Bonchev–Trinajstić information content (AvgIpc) is 3.27. The number of carbonyl (C=O) groups excluding carboxylic acids is 3. The summed E-state index contributed by atoms with van der Waals surface area (Å²) in [5.41, 5.74) is 5.91. The van der Waals surface area contributed by atoms with Crippen molar-refractivity contribution in [3.63, 3.8) is 0 Å². The highest BCUT2D eigenvalue weighted by molar-refractivity contribution is 7.80. The Hall–Kier alpha value is -3.66. The van der Waals surface area contributed by atoms with E-state index in [9.17, 15) is 33.9 Å². The van der Waals surface area contributed by atoms with Gasteiger partial charge in [0.1, 0.15) is 18.1 Å². The Morgan fingerprint density at radius 3 is 2.03 bits per heavy atom. The topological polar surface area (TPSA) is 254 Å². The molecular weight excluding hydrogens is 476 g/mol. The molecule has 0 saturated heterocycles. The third-order valence-electron chi connectivity index (χ3n) is 4.42. The molecule has 0 aromatic carbocycles. The zero-order chi connectivity index (χ0) is 25.8. The SMILES string of the molecule is NC(CS)C(=O)NC(CCC(=O)O)C(=O)NC(CC(=O)O)C(=O)NC(Cc1cnc[nH]1)C(=O)O. The van der Waals surface area contributed by atoms with Crippen molar-refractivity contribution in [2.75, 3.05) is 5.75 Å². The van der Waals surface area contributed by atoms with Crippen molar-refractivity contribution in [2.45, 2.75) is 49.9 Å². The molecule has 0 bridgehead atoms. The van der Waals surface area contributed by atoms with Gasteiger partial charge in [-0.1, -0.05) is 0 Å². The van der Waals surface area contributed by atoms with Crippen molar-refractivity contribution in [2.24, 2.45) is 5.73 Å². The maximum Gasteiger partial charge on any atom is 0.326 e. The molecule has 0 aliphatic heterocycles. The van der Waals surface area contributed by atoms with E-state index in [4.69, 9.17) is 15.9 Å². The Bertz CT molecular complexity index is 894. The number of rotatable bonds is 15. The zero-order valence-corrected chi connectivity index (χ0v) is 18.7. The van der Waals surface area contributed by atoms with Gasteiger partial charge in [-0.3, -0.25) is 24.0 Å². The van der Waals surface area contributed by atoms with Gasteiger partial charge in [0.15, 0.2) is 0 Å². The lowest BCUT2D eigenvalue weighted by Crippen LogP contribution is -2.57. The minimum absolute atomic E-state index is 0.0734. The number of aromatic amines is 1. The standard InChI is InChI=1S/C18H26N6O9S/c19-9(6-34)15(29)22-10(1-2-13(25)26)16(30)23-11(4-14(27)28)17(31)24-12(18(32)33)3-8-5-20-7-21-8/h5,7,9-12,34H,1-4,6,19H2,(H,20,21)(H,22,29)(H,23,30)(H,24,31)(H,25,26)(H,27,28)(H,32,33). The van der Waals surface area contributed by atoms with Gasteiger partial charge in [0.2, 0.25) is 17.7 Å². The van der Waals surface area contributed by atoms with Crippen LogP contribution in [0.1, 0.15) is 25.0 Å². The van der Waals surface area contributed by atoms with Gasteiger partial charge in [-0.15, -0.1) is 0 Å². The Kier molecular flexibility index (Phi) is 11.5. The predicted molar refractivity (Wildman–Crippen MR) is 117 cm³/mol. The smallest absolute Gasteiger partial charge is 0.326 e. The number of thiol groups is 1. The zero-order valence-electron chi connectivity index (χ0n) is 17.8. The Balaban J connectivity index is 2.99. The van der Waals surface area contributed by atoms with Crippen LogP contribution in [0.4, 0.5) is 0 Å². The molecule has 4 unspecified atom stereocenters. The third-order valence-corrected chi connectivity index (χ3v) is 4.81. The summed E-state index contributed by atoms with van der Waals surface area (Å²) in [5.74, 6) is -7.23. The van der Waals surface area contributed by atoms with E-state index in [0.29, 0.717) is 5.69 Å². The lowest BCUT2D eigenvalue weighted by atomic mass is 10.1. The first kappa shape index (κ1) is 28.4. The molecule has 1 aromatic heterocycles. The van der Waals surface area contributed by atoms with E-state index >= 15 is 0 Å². The maximum absolute atomic E-state index is 12.7. The van der Waals surface area contributed by atoms with Crippen molar-refractivity contribution in [3.8, 4) is 0 Å². The number of aromatic nitrogens is 2. The molecule has 0 aliphatic carbocycles. The lowest BCUT2D eigenvalue weighted by Gasteiger charge is -2.24. The molecule has 4 atom stereocenters. The van der Waals surface area contributed by atoms with Crippen LogP contribution in [0.25, 0.3) is 0 Å². The second-order valence-corrected chi connectivity index (χ2v) is 7.49. The molecule has 9 N–H and O–H groups in total. The number of carbonyl (C=O) groups is 6. The number of aliphatic carboxylic acids is 3. The van der Waals surface area contributed by atoms with Crippen LogP contribution in [0.3, 0.4) is 0 Å². The van der Waals surface area contributed by atoms with Crippen molar-refractivity contribution >= 4 is 48.3 Å². The summed E-state index contributed by atoms with van der Waals surface area (Å²) >= 11 is 3.86. The van der Waals surface area contributed by atoms with Crippen LogP contribution in [-0.4, -0.2) is 90.8 Å². The van der Waals surface area contributed by atoms with Crippen LogP contribution in [0.15, 0.2) is 12.5 Å². The molecule has 0 saturated carbocycles. The number of nitrogens with one attached hydrogen (secondary N) is 4. The van der Waals surface area contributed by atoms with Crippen molar-refractivity contribution in [1.29, 1.82) is 0 Å². The molecule has 0 fully saturated rings. The Labute approximate surface area is 198 Å². The fourth-order valence-corrected chi connectivity index (χ4v) is 2.81. The average molecular weight is 503 g/mol. The largest absolute Gasteiger partial charge is 0.481 e. The highest BCUT2D eigenvalue weighted by Gasteiger charge is 2.32. The van der Waals surface area contributed by atoms with Crippen molar-refractivity contribution in [3.05, 3.63) is 18.2 Å². The highest BCUT2D eigenvalue weighted by atomic mass is 32.1. The first-order chi connectivity index (χ1) is 15.9. The molecule has 0 spiro atoms. The summed E-state index contributed by atoms with van der Waals surface area (Å²) in [4.78, 5) is 77.4. The highest BCUT2D eigenvalue weighted by Crippen LogP contribution is 2.04. The molecule has 1 heterocycles. The second-order valence-electron chi connectivity index (χ2n) is 7.12. The van der Waals surface area contributed by atoms with E-state index in [-0.39, 0.29) is 18.6 Å². The molecular formula is C18H26N6O9S. The monoisotopic (exact) mass is 502 g/mol. The number of H-pyrrole nitrogens is 1. The summed E-state index contributed by atoms with van der Waals surface area (Å²) in [5, 5.41) is 33.9. The number of hydrogen-bond acceptors (Lipinski definition) is 9. The Morgan fingerprint density at radius 1 is 0.941 bits per heavy atom. The van der Waals surface area contributed by atoms with E-state index in [1.807, 2.05) is 0 Å². The van der Waals surface area contributed by atoms with Gasteiger partial charge in [-0.05, 0) is 6.42 Å². The van der Waals surface area contributed by atoms with Gasteiger partial charge < -0.3 is 42.0 Å². The molecule has 3 amide bonds. The number of carboxylic acids is 3. The first-order valence-electron chi connectivity index (χ1n) is 9.85. The Morgan fingerprint density at radius 2 is 1.53 bits per heavy atom. The normalized spacial score (nSPS) is 14.2.